The Bertz CT molecular complexity index is 405. The quantitative estimate of drug-likeness (QED) is 0.657. The van der Waals surface area contributed by atoms with Crippen molar-refractivity contribution in [3.05, 3.63) is 0 Å². The normalized spacial score (nSPS) is 24.7. The Morgan fingerprint density at radius 3 is 2.43 bits per heavy atom. The maximum atomic E-state index is 12.4. The smallest absolute Gasteiger partial charge is 0.226 e. The molecule has 2 aliphatic rings. The van der Waals surface area contributed by atoms with Crippen molar-refractivity contribution < 1.29 is 14.4 Å². The first-order valence-corrected chi connectivity index (χ1v) is 7.81. The van der Waals surface area contributed by atoms with Gasteiger partial charge in [-0.25, -0.2) is 0 Å². The van der Waals surface area contributed by atoms with Crippen molar-refractivity contribution in [3.8, 4) is 0 Å². The maximum absolute atomic E-state index is 12.4. The van der Waals surface area contributed by atoms with Gasteiger partial charge in [0.05, 0.1) is 11.8 Å². The van der Waals surface area contributed by atoms with Gasteiger partial charge in [0.25, 0.3) is 0 Å². The second kappa shape index (κ2) is 6.91. The topological polar surface area (TPSA) is 60.9 Å². The molecular formula is C15H25N3O3. The Morgan fingerprint density at radius 1 is 1.19 bits per heavy atom. The van der Waals surface area contributed by atoms with Gasteiger partial charge in [0.1, 0.15) is 0 Å². The molecule has 2 unspecified atom stereocenters. The van der Waals surface area contributed by atoms with Crippen molar-refractivity contribution in [2.45, 2.75) is 26.2 Å². The number of amides is 3. The molecule has 0 spiro atoms. The summed E-state index contributed by atoms with van der Waals surface area (Å²) in [7, 11) is 1.82. The zero-order valence-electron chi connectivity index (χ0n) is 13.0. The number of hydrogen-bond acceptors (Lipinski definition) is 3. The van der Waals surface area contributed by atoms with Crippen LogP contribution in [0.3, 0.4) is 0 Å². The fourth-order valence-corrected chi connectivity index (χ4v) is 2.81. The second-order valence-electron chi connectivity index (χ2n) is 6.03. The second-order valence-corrected chi connectivity index (χ2v) is 6.03. The van der Waals surface area contributed by atoms with Crippen LogP contribution in [0.15, 0.2) is 0 Å². The summed E-state index contributed by atoms with van der Waals surface area (Å²) in [5.41, 5.74) is 0. The lowest BCUT2D eigenvalue weighted by atomic mass is 10.2. The molecule has 0 radical (unpaired) electrons. The summed E-state index contributed by atoms with van der Waals surface area (Å²) in [6.07, 6.45) is 3.57. The van der Waals surface area contributed by atoms with Crippen molar-refractivity contribution in [1.82, 2.24) is 14.7 Å². The number of carbonyl (C=O) groups excluding carboxylic acids is 3. The minimum atomic E-state index is -0.135. The Labute approximate surface area is 126 Å². The van der Waals surface area contributed by atoms with Gasteiger partial charge in [-0.05, 0) is 12.8 Å². The molecule has 0 N–H and O–H groups in total. The highest BCUT2D eigenvalue weighted by molar-refractivity contribution is 5.92. The van der Waals surface area contributed by atoms with Crippen LogP contribution in [0.5, 0.6) is 0 Å². The van der Waals surface area contributed by atoms with Gasteiger partial charge in [-0.1, -0.05) is 13.3 Å². The molecule has 1 saturated heterocycles. The Kier molecular flexibility index (Phi) is 5.20. The van der Waals surface area contributed by atoms with E-state index in [1.807, 2.05) is 7.05 Å². The predicted octanol–water partition coefficient (Wildman–Crippen LogP) is 0.182. The number of rotatable bonds is 6. The average molecular weight is 295 g/mol. The summed E-state index contributed by atoms with van der Waals surface area (Å²) >= 11 is 0. The molecule has 2 rings (SSSR count). The predicted molar refractivity (Wildman–Crippen MR) is 78.4 cm³/mol. The Morgan fingerprint density at radius 2 is 1.86 bits per heavy atom. The molecular weight excluding hydrogens is 270 g/mol. The van der Waals surface area contributed by atoms with Crippen molar-refractivity contribution in [3.63, 3.8) is 0 Å². The molecule has 0 aromatic heterocycles. The lowest BCUT2D eigenvalue weighted by Gasteiger charge is -2.32. The summed E-state index contributed by atoms with van der Waals surface area (Å²) in [5.74, 6) is -0.0658. The molecule has 3 amide bonds. The highest BCUT2D eigenvalue weighted by atomic mass is 16.2. The van der Waals surface area contributed by atoms with Crippen LogP contribution in [-0.4, -0.2) is 72.7 Å². The van der Waals surface area contributed by atoms with Gasteiger partial charge in [0, 0.05) is 39.8 Å². The van der Waals surface area contributed by atoms with E-state index in [1.54, 1.807) is 14.7 Å². The van der Waals surface area contributed by atoms with Gasteiger partial charge in [0.15, 0.2) is 0 Å². The zero-order chi connectivity index (χ0) is 15.4. The molecule has 1 aliphatic heterocycles. The van der Waals surface area contributed by atoms with Crippen molar-refractivity contribution in [1.29, 1.82) is 0 Å². The molecule has 6 nitrogen and oxygen atoms in total. The number of hydrogen-bond donors (Lipinski definition) is 0. The maximum Gasteiger partial charge on any atom is 0.226 e. The fourth-order valence-electron chi connectivity index (χ4n) is 2.81. The van der Waals surface area contributed by atoms with E-state index in [2.05, 4.69) is 6.92 Å². The molecule has 1 saturated carbocycles. The molecule has 2 fully saturated rings. The van der Waals surface area contributed by atoms with Crippen LogP contribution in [0.1, 0.15) is 26.2 Å². The van der Waals surface area contributed by atoms with Crippen molar-refractivity contribution >= 4 is 18.2 Å². The SMILES string of the molecule is CCCCN(C)C(=O)C1CC1C(=O)N1CCN(C=O)CC1. The zero-order valence-corrected chi connectivity index (χ0v) is 13.0. The van der Waals surface area contributed by atoms with E-state index < -0.39 is 0 Å². The summed E-state index contributed by atoms with van der Waals surface area (Å²) in [6.45, 7) is 5.22. The molecule has 21 heavy (non-hydrogen) atoms. The van der Waals surface area contributed by atoms with Crippen LogP contribution in [0.2, 0.25) is 0 Å². The molecule has 2 atom stereocenters. The minimum absolute atomic E-state index is 0.0859. The van der Waals surface area contributed by atoms with Crippen LogP contribution in [0, 0.1) is 11.8 Å². The van der Waals surface area contributed by atoms with Crippen LogP contribution in [0.4, 0.5) is 0 Å². The van der Waals surface area contributed by atoms with E-state index in [-0.39, 0.29) is 23.7 Å². The molecule has 1 aliphatic carbocycles. The van der Waals surface area contributed by atoms with E-state index >= 15 is 0 Å². The molecule has 0 aromatic carbocycles. The molecule has 1 heterocycles. The third-order valence-corrected chi connectivity index (χ3v) is 4.42. The number of unbranched alkanes of at least 4 members (excludes halogenated alkanes) is 1. The minimum Gasteiger partial charge on any atom is -0.346 e. The Balaban J connectivity index is 1.78. The summed E-state index contributed by atoms with van der Waals surface area (Å²) in [5, 5.41) is 0. The average Bonchev–Trinajstić information content (AvgIpc) is 3.31. The first-order valence-electron chi connectivity index (χ1n) is 7.81. The van der Waals surface area contributed by atoms with Crippen LogP contribution >= 0.6 is 0 Å². The highest BCUT2D eigenvalue weighted by Crippen LogP contribution is 2.41. The summed E-state index contributed by atoms with van der Waals surface area (Å²) < 4.78 is 0. The third-order valence-electron chi connectivity index (χ3n) is 4.42. The van der Waals surface area contributed by atoms with Crippen molar-refractivity contribution in [2.24, 2.45) is 11.8 Å². The van der Waals surface area contributed by atoms with E-state index in [0.29, 0.717) is 32.6 Å². The van der Waals surface area contributed by atoms with Crippen LogP contribution < -0.4 is 0 Å². The van der Waals surface area contributed by atoms with Gasteiger partial charge < -0.3 is 14.7 Å². The van der Waals surface area contributed by atoms with Crippen LogP contribution in [-0.2, 0) is 14.4 Å². The van der Waals surface area contributed by atoms with Gasteiger partial charge in [-0.15, -0.1) is 0 Å². The molecule has 118 valence electrons. The molecule has 6 heteroatoms. The van der Waals surface area contributed by atoms with Gasteiger partial charge >= 0.3 is 0 Å². The fraction of sp³-hybridized carbons (Fsp3) is 0.800. The lowest BCUT2D eigenvalue weighted by Crippen LogP contribution is -2.49. The third kappa shape index (κ3) is 3.74. The summed E-state index contributed by atoms with van der Waals surface area (Å²) in [6, 6.07) is 0. The van der Waals surface area contributed by atoms with Crippen molar-refractivity contribution in [2.75, 3.05) is 39.8 Å². The van der Waals surface area contributed by atoms with E-state index in [1.165, 1.54) is 0 Å². The van der Waals surface area contributed by atoms with Gasteiger partial charge in [0.2, 0.25) is 18.2 Å². The van der Waals surface area contributed by atoms with E-state index in [4.69, 9.17) is 0 Å². The van der Waals surface area contributed by atoms with E-state index in [9.17, 15) is 14.4 Å². The molecule has 0 bridgehead atoms. The van der Waals surface area contributed by atoms with E-state index in [0.717, 1.165) is 25.8 Å². The van der Waals surface area contributed by atoms with Gasteiger partial charge in [-0.3, -0.25) is 14.4 Å². The first-order chi connectivity index (χ1) is 10.1. The number of piperazine rings is 1. The largest absolute Gasteiger partial charge is 0.346 e. The van der Waals surface area contributed by atoms with Crippen LogP contribution in [0.25, 0.3) is 0 Å². The first kappa shape index (κ1) is 15.8. The number of nitrogens with zero attached hydrogens (tertiary/aromatic N) is 3. The summed E-state index contributed by atoms with van der Waals surface area (Å²) in [4.78, 5) is 40.5. The highest BCUT2D eigenvalue weighted by Gasteiger charge is 2.50. The standard InChI is InChI=1S/C15H25N3O3/c1-3-4-5-16(2)14(20)12-10-13(12)15(21)18-8-6-17(11-19)7-9-18/h11-13H,3-10H2,1-2H3. The monoisotopic (exact) mass is 295 g/mol. The number of carbonyl (C=O) groups is 3. The lowest BCUT2D eigenvalue weighted by molar-refractivity contribution is -0.139. The van der Waals surface area contributed by atoms with Gasteiger partial charge in [-0.2, -0.15) is 0 Å². The molecule has 0 aromatic rings. The Hall–Kier alpha value is -1.59.